The number of aromatic amines is 1. The van der Waals surface area contributed by atoms with E-state index in [0.717, 1.165) is 0 Å². The van der Waals surface area contributed by atoms with Crippen LogP contribution < -0.4 is 4.74 Å². The van der Waals surface area contributed by atoms with Gasteiger partial charge in [-0.2, -0.15) is 0 Å². The number of carbonyl (C=O) groups excluding carboxylic acids is 1. The Bertz CT molecular complexity index is 928. The molecule has 24 heavy (non-hydrogen) atoms. The van der Waals surface area contributed by atoms with E-state index in [2.05, 4.69) is 4.98 Å². The highest BCUT2D eigenvalue weighted by molar-refractivity contribution is 6.30. The lowest BCUT2D eigenvalue weighted by atomic mass is 9.99. The molecule has 3 aromatic rings. The third-order valence-corrected chi connectivity index (χ3v) is 4.04. The summed E-state index contributed by atoms with van der Waals surface area (Å²) in [5.74, 6) is -0.606. The van der Waals surface area contributed by atoms with Gasteiger partial charge in [-0.1, -0.05) is 11.6 Å². The SMILES string of the molecule is COc1ccc(C(=O)c2ccc(Cl)cc2)c2[nH]cc(CC(=O)O)c12. The van der Waals surface area contributed by atoms with Crippen LogP contribution in [-0.4, -0.2) is 29.0 Å². The summed E-state index contributed by atoms with van der Waals surface area (Å²) in [6, 6.07) is 9.95. The van der Waals surface area contributed by atoms with Gasteiger partial charge in [-0.3, -0.25) is 9.59 Å². The summed E-state index contributed by atoms with van der Waals surface area (Å²) in [6.45, 7) is 0. The van der Waals surface area contributed by atoms with E-state index < -0.39 is 5.97 Å². The van der Waals surface area contributed by atoms with Crippen molar-refractivity contribution in [3.05, 3.63) is 64.3 Å². The number of carboxylic acid groups (broad SMARTS) is 1. The first-order valence-electron chi connectivity index (χ1n) is 7.20. The fourth-order valence-corrected chi connectivity index (χ4v) is 2.83. The summed E-state index contributed by atoms with van der Waals surface area (Å²) in [6.07, 6.45) is 1.44. The van der Waals surface area contributed by atoms with Crippen LogP contribution in [0.25, 0.3) is 10.9 Å². The van der Waals surface area contributed by atoms with Gasteiger partial charge in [-0.05, 0) is 42.0 Å². The minimum atomic E-state index is -0.951. The molecule has 1 aromatic heterocycles. The van der Waals surface area contributed by atoms with E-state index in [1.54, 1.807) is 42.6 Å². The molecule has 0 radical (unpaired) electrons. The van der Waals surface area contributed by atoms with Crippen molar-refractivity contribution in [2.24, 2.45) is 0 Å². The van der Waals surface area contributed by atoms with Crippen molar-refractivity contribution in [2.75, 3.05) is 7.11 Å². The van der Waals surface area contributed by atoms with E-state index in [9.17, 15) is 9.59 Å². The Hall–Kier alpha value is -2.79. The summed E-state index contributed by atoms with van der Waals surface area (Å²) in [7, 11) is 1.51. The summed E-state index contributed by atoms with van der Waals surface area (Å²) >= 11 is 5.86. The van der Waals surface area contributed by atoms with Crippen molar-refractivity contribution in [3.63, 3.8) is 0 Å². The lowest BCUT2D eigenvalue weighted by Gasteiger charge is -2.08. The van der Waals surface area contributed by atoms with Gasteiger partial charge in [0, 0.05) is 27.7 Å². The Morgan fingerprint density at radius 2 is 1.88 bits per heavy atom. The van der Waals surface area contributed by atoms with Crippen LogP contribution in [0.1, 0.15) is 21.5 Å². The third kappa shape index (κ3) is 2.86. The van der Waals surface area contributed by atoms with E-state index in [-0.39, 0.29) is 12.2 Å². The number of rotatable bonds is 5. The van der Waals surface area contributed by atoms with E-state index in [1.165, 1.54) is 7.11 Å². The molecule has 0 unspecified atom stereocenters. The number of aliphatic carboxylic acids is 1. The quantitative estimate of drug-likeness (QED) is 0.692. The van der Waals surface area contributed by atoms with Crippen molar-refractivity contribution in [3.8, 4) is 5.75 Å². The summed E-state index contributed by atoms with van der Waals surface area (Å²) < 4.78 is 5.32. The van der Waals surface area contributed by atoms with E-state index in [4.69, 9.17) is 21.4 Å². The monoisotopic (exact) mass is 343 g/mol. The number of benzene rings is 2. The van der Waals surface area contributed by atoms with Crippen molar-refractivity contribution < 1.29 is 19.4 Å². The molecule has 3 rings (SSSR count). The second-order valence-corrected chi connectivity index (χ2v) is 5.72. The van der Waals surface area contributed by atoms with Crippen LogP contribution in [0, 0.1) is 0 Å². The lowest BCUT2D eigenvalue weighted by Crippen LogP contribution is -2.03. The number of H-pyrrole nitrogens is 1. The summed E-state index contributed by atoms with van der Waals surface area (Å²) in [4.78, 5) is 26.8. The molecule has 0 aliphatic rings. The number of ketones is 1. The maximum Gasteiger partial charge on any atom is 0.307 e. The number of carboxylic acids is 1. The van der Waals surface area contributed by atoms with E-state index in [0.29, 0.717) is 38.4 Å². The maximum absolute atomic E-state index is 12.8. The van der Waals surface area contributed by atoms with Gasteiger partial charge in [0.1, 0.15) is 5.75 Å². The highest BCUT2D eigenvalue weighted by Gasteiger charge is 2.19. The topological polar surface area (TPSA) is 79.4 Å². The van der Waals surface area contributed by atoms with Gasteiger partial charge in [0.05, 0.1) is 19.0 Å². The molecule has 1 heterocycles. The van der Waals surface area contributed by atoms with Crippen LogP contribution in [0.4, 0.5) is 0 Å². The largest absolute Gasteiger partial charge is 0.496 e. The molecule has 5 nitrogen and oxygen atoms in total. The third-order valence-electron chi connectivity index (χ3n) is 3.79. The number of fused-ring (bicyclic) bond motifs is 1. The van der Waals surface area contributed by atoms with Crippen molar-refractivity contribution in [1.29, 1.82) is 0 Å². The van der Waals surface area contributed by atoms with Crippen molar-refractivity contribution >= 4 is 34.3 Å². The zero-order valence-corrected chi connectivity index (χ0v) is 13.6. The fraction of sp³-hybridized carbons (Fsp3) is 0.111. The van der Waals surface area contributed by atoms with Gasteiger partial charge in [0.15, 0.2) is 5.78 Å². The fourth-order valence-electron chi connectivity index (χ4n) is 2.70. The molecule has 0 amide bonds. The first-order chi connectivity index (χ1) is 11.5. The number of nitrogens with one attached hydrogen (secondary N) is 1. The number of hydrogen-bond acceptors (Lipinski definition) is 3. The van der Waals surface area contributed by atoms with Gasteiger partial charge in [-0.15, -0.1) is 0 Å². The number of methoxy groups -OCH3 is 1. The standard InChI is InChI=1S/C18H14ClNO4/c1-24-14-7-6-13(18(23)10-2-4-12(19)5-3-10)17-16(14)11(9-20-17)8-15(21)22/h2-7,9,20H,8H2,1H3,(H,21,22). The molecule has 0 saturated heterocycles. The molecule has 0 aliphatic carbocycles. The second kappa shape index (κ2) is 6.37. The molecule has 0 saturated carbocycles. The second-order valence-electron chi connectivity index (χ2n) is 5.29. The van der Waals surface area contributed by atoms with E-state index >= 15 is 0 Å². The highest BCUT2D eigenvalue weighted by Crippen LogP contribution is 2.32. The Labute approximate surface area is 142 Å². The molecular formula is C18H14ClNO4. The van der Waals surface area contributed by atoms with Crippen LogP contribution in [-0.2, 0) is 11.2 Å². The minimum absolute atomic E-state index is 0.158. The average molecular weight is 344 g/mol. The molecule has 122 valence electrons. The molecule has 2 N–H and O–H groups in total. The predicted octanol–water partition coefficient (Wildman–Crippen LogP) is 3.69. The zero-order chi connectivity index (χ0) is 17.3. The van der Waals surface area contributed by atoms with Crippen molar-refractivity contribution in [2.45, 2.75) is 6.42 Å². The number of carbonyl (C=O) groups is 2. The number of hydrogen-bond donors (Lipinski definition) is 2. The molecule has 0 aliphatic heterocycles. The Morgan fingerprint density at radius 1 is 1.17 bits per heavy atom. The molecule has 2 aromatic carbocycles. The van der Waals surface area contributed by atoms with Crippen LogP contribution in [0.15, 0.2) is 42.6 Å². The number of halogens is 1. The normalized spacial score (nSPS) is 10.8. The molecule has 0 atom stereocenters. The smallest absolute Gasteiger partial charge is 0.307 e. The van der Waals surface area contributed by atoms with Gasteiger partial charge >= 0.3 is 5.97 Å². The minimum Gasteiger partial charge on any atom is -0.496 e. The maximum atomic E-state index is 12.8. The number of aromatic nitrogens is 1. The molecule has 0 bridgehead atoms. The van der Waals surface area contributed by atoms with Crippen LogP contribution in [0.3, 0.4) is 0 Å². The Balaban J connectivity index is 2.15. The first kappa shape index (κ1) is 16.1. The van der Waals surface area contributed by atoms with Gasteiger partial charge < -0.3 is 14.8 Å². The van der Waals surface area contributed by atoms with Gasteiger partial charge in [-0.25, -0.2) is 0 Å². The highest BCUT2D eigenvalue weighted by atomic mass is 35.5. The molecule has 0 spiro atoms. The molecule has 0 fully saturated rings. The van der Waals surface area contributed by atoms with Gasteiger partial charge in [0.25, 0.3) is 0 Å². The van der Waals surface area contributed by atoms with E-state index in [1.807, 2.05) is 0 Å². The average Bonchev–Trinajstić information content (AvgIpc) is 2.97. The Morgan fingerprint density at radius 3 is 2.50 bits per heavy atom. The summed E-state index contributed by atoms with van der Waals surface area (Å²) in [5, 5.41) is 10.2. The molecule has 6 heteroatoms. The van der Waals surface area contributed by atoms with Crippen LogP contribution in [0.5, 0.6) is 5.75 Å². The van der Waals surface area contributed by atoms with Crippen molar-refractivity contribution in [1.82, 2.24) is 4.98 Å². The van der Waals surface area contributed by atoms with Crippen LogP contribution in [0.2, 0.25) is 5.02 Å². The van der Waals surface area contributed by atoms with Crippen LogP contribution >= 0.6 is 11.6 Å². The van der Waals surface area contributed by atoms with Gasteiger partial charge in [0.2, 0.25) is 0 Å². The lowest BCUT2D eigenvalue weighted by molar-refractivity contribution is -0.136. The summed E-state index contributed by atoms with van der Waals surface area (Å²) in [5.41, 5.74) is 2.08. The number of ether oxygens (including phenoxy) is 1. The Kier molecular flexibility index (Phi) is 4.27. The first-order valence-corrected chi connectivity index (χ1v) is 7.58. The predicted molar refractivity (Wildman–Crippen MR) is 91.1 cm³/mol. The zero-order valence-electron chi connectivity index (χ0n) is 12.8. The molecular weight excluding hydrogens is 330 g/mol.